The predicted octanol–water partition coefficient (Wildman–Crippen LogP) is -1.90. The summed E-state index contributed by atoms with van der Waals surface area (Å²) in [5, 5.41) is 14.8. The Morgan fingerprint density at radius 2 is 1.61 bits per heavy atom. The van der Waals surface area contributed by atoms with Crippen molar-refractivity contribution in [1.29, 1.82) is 0 Å². The molecule has 0 saturated heterocycles. The van der Waals surface area contributed by atoms with Crippen LogP contribution in [-0.4, -0.2) is 11.7 Å². The van der Waals surface area contributed by atoms with Gasteiger partial charge in [0.05, 0.1) is 0 Å². The Hall–Kier alpha value is -1.44. The van der Waals surface area contributed by atoms with Crippen molar-refractivity contribution >= 4 is 14.9 Å². The SMILES string of the molecule is CC=c1ccc2c(c1C1C=C(CCCO)c3ccccc31)[C]([Zr+2])=c1ccccc1=2.[Cl-].[Cl-]. The third-order valence-electron chi connectivity index (χ3n) is 6.25. The fourth-order valence-corrected chi connectivity index (χ4v) is 6.15. The van der Waals surface area contributed by atoms with Gasteiger partial charge in [0, 0.05) is 0 Å². The molecule has 1 N–H and O–H groups in total. The van der Waals surface area contributed by atoms with Gasteiger partial charge < -0.3 is 24.8 Å². The normalized spacial score (nSPS) is 16.1. The summed E-state index contributed by atoms with van der Waals surface area (Å²) in [5.74, 6) is 0.269. The predicted molar refractivity (Wildman–Crippen MR) is 115 cm³/mol. The Kier molecular flexibility index (Phi) is 7.82. The number of fused-ring (bicyclic) bond motifs is 3. The van der Waals surface area contributed by atoms with Crippen molar-refractivity contribution in [3.8, 4) is 0 Å². The van der Waals surface area contributed by atoms with E-state index in [2.05, 4.69) is 79.7 Å². The van der Waals surface area contributed by atoms with Crippen molar-refractivity contribution in [2.45, 2.75) is 25.7 Å². The van der Waals surface area contributed by atoms with E-state index < -0.39 is 0 Å². The molecular weight excluding hydrogens is 502 g/mol. The first kappa shape index (κ1) is 24.2. The zero-order valence-electron chi connectivity index (χ0n) is 17.3. The van der Waals surface area contributed by atoms with Crippen LogP contribution < -0.4 is 35.3 Å². The summed E-state index contributed by atoms with van der Waals surface area (Å²) in [7, 11) is 0. The van der Waals surface area contributed by atoms with Crippen LogP contribution in [0.2, 0.25) is 0 Å². The first-order chi connectivity index (χ1) is 14.2. The van der Waals surface area contributed by atoms with Gasteiger partial charge in [0.2, 0.25) is 0 Å². The van der Waals surface area contributed by atoms with Crippen LogP contribution in [0.4, 0.5) is 0 Å². The fraction of sp³-hybridized carbons (Fsp3) is 0.185. The van der Waals surface area contributed by atoms with Crippen LogP contribution in [0.1, 0.15) is 47.9 Å². The van der Waals surface area contributed by atoms with E-state index in [1.807, 2.05) is 0 Å². The molecule has 3 aromatic carbocycles. The smallest absolute Gasteiger partial charge is 1.00 e. The quantitative estimate of drug-likeness (QED) is 0.422. The van der Waals surface area contributed by atoms with Crippen LogP contribution in [0.25, 0.3) is 14.9 Å². The third-order valence-corrected chi connectivity index (χ3v) is 7.53. The van der Waals surface area contributed by atoms with Crippen LogP contribution in [0.5, 0.6) is 0 Å². The standard InChI is InChI=1S/C27H23O.2ClH.Zr/c1-2-18-13-14-24-22-10-4-3-8-19(22)16-26(24)27(18)25-17-20(9-7-15-28)21-11-5-6-12-23(21)25;;;/h2-6,8,10-14,17,25,28H,7,9,15H2,1H3;2*1H;/q;;;+2/p-2. The number of halogens is 2. The number of hydrogen-bond donors (Lipinski definition) is 1. The van der Waals surface area contributed by atoms with Crippen molar-refractivity contribution in [1.82, 2.24) is 0 Å². The summed E-state index contributed by atoms with van der Waals surface area (Å²) in [5.41, 5.74) is 7.02. The zero-order valence-corrected chi connectivity index (χ0v) is 21.3. The van der Waals surface area contributed by atoms with Gasteiger partial charge >= 0.3 is 187 Å². The van der Waals surface area contributed by atoms with Gasteiger partial charge in [-0.15, -0.1) is 0 Å². The van der Waals surface area contributed by atoms with Crippen molar-refractivity contribution in [2.24, 2.45) is 0 Å². The van der Waals surface area contributed by atoms with E-state index in [1.165, 1.54) is 76.7 Å². The minimum Gasteiger partial charge on any atom is -1.00 e. The molecule has 1 unspecified atom stereocenters. The molecule has 1 nitrogen and oxygen atoms in total. The topological polar surface area (TPSA) is 20.2 Å². The van der Waals surface area contributed by atoms with Gasteiger partial charge in [0.1, 0.15) is 0 Å². The van der Waals surface area contributed by atoms with Crippen molar-refractivity contribution in [3.05, 3.63) is 110 Å². The molecule has 2 aliphatic rings. The maximum Gasteiger partial charge on any atom is -1.00 e. The minimum absolute atomic E-state index is 0. The Morgan fingerprint density at radius 1 is 0.903 bits per heavy atom. The molecule has 155 valence electrons. The van der Waals surface area contributed by atoms with Gasteiger partial charge in [-0.3, -0.25) is 0 Å². The van der Waals surface area contributed by atoms with Gasteiger partial charge in [-0.1, -0.05) is 0 Å². The second-order valence-electron chi connectivity index (χ2n) is 7.78. The third kappa shape index (κ3) is 3.94. The number of hydrogen-bond acceptors (Lipinski definition) is 1. The van der Waals surface area contributed by atoms with Gasteiger partial charge in [0.15, 0.2) is 0 Å². The summed E-state index contributed by atoms with van der Waals surface area (Å²) < 4.78 is 1.47. The molecule has 0 saturated carbocycles. The van der Waals surface area contributed by atoms with Gasteiger partial charge in [-0.2, -0.15) is 0 Å². The van der Waals surface area contributed by atoms with Crippen LogP contribution in [0.3, 0.4) is 0 Å². The van der Waals surface area contributed by atoms with Gasteiger partial charge in [-0.05, 0) is 0 Å². The Bertz CT molecular complexity index is 1380. The van der Waals surface area contributed by atoms with Gasteiger partial charge in [0.25, 0.3) is 0 Å². The minimum atomic E-state index is 0. The zero-order chi connectivity index (χ0) is 20.0. The average Bonchev–Trinajstić information content (AvgIpc) is 3.28. The second-order valence-corrected chi connectivity index (χ2v) is 9.01. The van der Waals surface area contributed by atoms with E-state index in [4.69, 9.17) is 0 Å². The van der Waals surface area contributed by atoms with Crippen LogP contribution >= 0.6 is 0 Å². The van der Waals surface area contributed by atoms with Crippen LogP contribution in [0.15, 0.2) is 66.7 Å². The van der Waals surface area contributed by atoms with E-state index in [0.29, 0.717) is 0 Å². The monoisotopic (exact) mass is 523 g/mol. The molecule has 0 radical (unpaired) electrons. The number of rotatable bonds is 4. The molecular formula is C27H23Cl2OZr. The van der Waals surface area contributed by atoms with E-state index in [1.54, 1.807) is 0 Å². The number of aliphatic hydroxyl groups excluding tert-OH is 1. The van der Waals surface area contributed by atoms with E-state index in [-0.39, 0.29) is 37.3 Å². The molecule has 0 fully saturated rings. The molecule has 2 aliphatic carbocycles. The first-order valence-electron chi connectivity index (χ1n) is 10.3. The molecule has 5 rings (SSSR count). The molecule has 31 heavy (non-hydrogen) atoms. The molecule has 0 amide bonds. The average molecular weight is 526 g/mol. The summed E-state index contributed by atoms with van der Waals surface area (Å²) in [6.45, 7) is 2.39. The Balaban J connectivity index is 0.00000136. The molecule has 4 heteroatoms. The molecule has 0 bridgehead atoms. The van der Waals surface area contributed by atoms with Crippen molar-refractivity contribution in [3.63, 3.8) is 0 Å². The molecule has 0 aliphatic heterocycles. The molecule has 1 atom stereocenters. The fourth-order valence-electron chi connectivity index (χ4n) is 4.95. The molecule has 0 spiro atoms. The maximum atomic E-state index is 9.37. The Labute approximate surface area is 210 Å². The summed E-state index contributed by atoms with van der Waals surface area (Å²) >= 11 is 1.46. The first-order valence-corrected chi connectivity index (χ1v) is 11.5. The Morgan fingerprint density at radius 3 is 2.35 bits per heavy atom. The van der Waals surface area contributed by atoms with E-state index in [9.17, 15) is 5.11 Å². The van der Waals surface area contributed by atoms with Crippen molar-refractivity contribution < 1.29 is 54.6 Å². The van der Waals surface area contributed by atoms with Crippen LogP contribution in [-0.2, 0) is 24.7 Å². The number of allylic oxidation sites excluding steroid dienone is 2. The van der Waals surface area contributed by atoms with E-state index in [0.717, 1.165) is 12.8 Å². The molecule has 0 aromatic heterocycles. The maximum absolute atomic E-state index is 9.37. The van der Waals surface area contributed by atoms with Crippen LogP contribution in [0, 0.1) is 10.4 Å². The van der Waals surface area contributed by atoms with Crippen molar-refractivity contribution in [2.75, 3.05) is 6.61 Å². The molecule has 0 heterocycles. The van der Waals surface area contributed by atoms with E-state index >= 15 is 0 Å². The molecule has 3 aromatic rings. The summed E-state index contributed by atoms with van der Waals surface area (Å²) in [6, 6.07) is 22.2. The number of aliphatic hydroxyl groups is 1. The van der Waals surface area contributed by atoms with Gasteiger partial charge in [-0.25, -0.2) is 0 Å². The number of benzene rings is 3. The second kappa shape index (κ2) is 10.0. The largest absolute Gasteiger partial charge is 1.00 e. The summed E-state index contributed by atoms with van der Waals surface area (Å²) in [6.07, 6.45) is 6.45. The summed E-state index contributed by atoms with van der Waals surface area (Å²) in [4.78, 5) is 0.